The summed E-state index contributed by atoms with van der Waals surface area (Å²) in [6, 6.07) is -1.36. The molecule has 4 rings (SSSR count). The van der Waals surface area contributed by atoms with E-state index in [1.165, 1.54) is 0 Å². The Morgan fingerprint density at radius 2 is 1.92 bits per heavy atom. The predicted molar refractivity (Wildman–Crippen MR) is 149 cm³/mol. The number of esters is 1. The molecule has 4 aliphatic rings. The smallest absolute Gasteiger partial charge is 0.312 e. The summed E-state index contributed by atoms with van der Waals surface area (Å²) in [5.41, 5.74) is -1.99. The molecule has 8 heteroatoms. The number of allylic oxidation sites excluding steroid dienone is 1. The molecule has 0 aromatic rings. The van der Waals surface area contributed by atoms with Crippen molar-refractivity contribution in [3.8, 4) is 0 Å². The molecule has 1 saturated carbocycles. The number of rotatable bonds is 13. The van der Waals surface area contributed by atoms with Crippen molar-refractivity contribution in [2.75, 3.05) is 19.8 Å². The zero-order valence-electron chi connectivity index (χ0n) is 24.1. The molecule has 2 bridgehead atoms. The predicted octanol–water partition coefficient (Wildman–Crippen LogP) is 4.01. The van der Waals surface area contributed by atoms with E-state index in [1.807, 2.05) is 25.7 Å². The van der Waals surface area contributed by atoms with Crippen LogP contribution in [-0.2, 0) is 23.9 Å². The van der Waals surface area contributed by atoms with Crippen LogP contribution in [0.5, 0.6) is 0 Å². The normalized spacial score (nSPS) is 32.8. The summed E-state index contributed by atoms with van der Waals surface area (Å²) in [5.74, 6) is -2.25. The molecular weight excluding hydrogens is 496 g/mol. The first-order valence-corrected chi connectivity index (χ1v) is 15.0. The van der Waals surface area contributed by atoms with Crippen LogP contribution in [0.3, 0.4) is 0 Å². The summed E-state index contributed by atoms with van der Waals surface area (Å²) < 4.78 is 12.4. The third-order valence-corrected chi connectivity index (χ3v) is 9.47. The Balaban J connectivity index is 1.74. The summed E-state index contributed by atoms with van der Waals surface area (Å²) in [6.07, 6.45) is 11.7. The lowest BCUT2D eigenvalue weighted by atomic mass is 9.66. The molecule has 1 N–H and O–H groups in total. The van der Waals surface area contributed by atoms with Gasteiger partial charge >= 0.3 is 5.97 Å². The van der Waals surface area contributed by atoms with E-state index in [0.717, 1.165) is 38.5 Å². The van der Waals surface area contributed by atoms with Gasteiger partial charge < -0.3 is 24.4 Å². The summed E-state index contributed by atoms with van der Waals surface area (Å²) in [5, 5.41) is 10.5. The van der Waals surface area contributed by atoms with Crippen LogP contribution >= 0.6 is 0 Å². The third kappa shape index (κ3) is 5.31. The van der Waals surface area contributed by atoms with Gasteiger partial charge in [0.15, 0.2) is 0 Å². The van der Waals surface area contributed by atoms with Crippen molar-refractivity contribution in [1.82, 2.24) is 9.80 Å². The summed E-state index contributed by atoms with van der Waals surface area (Å²) >= 11 is 0. The van der Waals surface area contributed by atoms with E-state index in [1.54, 1.807) is 17.1 Å². The molecule has 39 heavy (non-hydrogen) atoms. The van der Waals surface area contributed by atoms with Crippen LogP contribution in [0.4, 0.5) is 0 Å². The van der Waals surface area contributed by atoms with Gasteiger partial charge in [-0.3, -0.25) is 14.4 Å². The lowest BCUT2D eigenvalue weighted by Gasteiger charge is -2.42. The molecule has 218 valence electrons. The first-order chi connectivity index (χ1) is 18.6. The van der Waals surface area contributed by atoms with Gasteiger partial charge in [-0.1, -0.05) is 45.3 Å². The molecule has 3 saturated heterocycles. The van der Waals surface area contributed by atoms with Crippen molar-refractivity contribution in [1.29, 1.82) is 0 Å². The molecule has 8 nitrogen and oxygen atoms in total. The Labute approximate surface area is 233 Å². The highest BCUT2D eigenvalue weighted by Gasteiger charge is 2.79. The van der Waals surface area contributed by atoms with E-state index < -0.39 is 41.1 Å². The van der Waals surface area contributed by atoms with Crippen LogP contribution < -0.4 is 0 Å². The molecule has 6 atom stereocenters. The fourth-order valence-electron chi connectivity index (χ4n) is 7.81. The number of unbranched alkanes of at least 4 members (excludes halogenated alkanes) is 1. The highest BCUT2D eigenvalue weighted by atomic mass is 16.6. The molecule has 0 aromatic heterocycles. The third-order valence-electron chi connectivity index (χ3n) is 9.47. The topological polar surface area (TPSA) is 96.4 Å². The van der Waals surface area contributed by atoms with Crippen LogP contribution in [0.1, 0.15) is 85.0 Å². The van der Waals surface area contributed by atoms with E-state index in [2.05, 4.69) is 13.2 Å². The number of carbonyl (C=O) groups excluding carboxylic acids is 3. The lowest BCUT2D eigenvalue weighted by Crippen LogP contribution is -2.60. The Morgan fingerprint density at radius 3 is 2.54 bits per heavy atom. The minimum Gasteiger partial charge on any atom is -0.465 e. The minimum atomic E-state index is -1.12. The van der Waals surface area contributed by atoms with Gasteiger partial charge in [-0.25, -0.2) is 0 Å². The maximum absolute atomic E-state index is 14.6. The molecule has 4 fully saturated rings. The quantitative estimate of drug-likeness (QED) is 0.214. The summed E-state index contributed by atoms with van der Waals surface area (Å²) in [6.45, 7) is 14.0. The second-order valence-corrected chi connectivity index (χ2v) is 12.6. The van der Waals surface area contributed by atoms with Crippen LogP contribution in [0.25, 0.3) is 0 Å². The van der Waals surface area contributed by atoms with Gasteiger partial charge in [0.1, 0.15) is 17.6 Å². The molecule has 2 unspecified atom stereocenters. The van der Waals surface area contributed by atoms with Gasteiger partial charge in [-0.05, 0) is 57.8 Å². The molecule has 1 spiro atoms. The van der Waals surface area contributed by atoms with E-state index in [0.29, 0.717) is 32.2 Å². The molecule has 3 aliphatic heterocycles. The van der Waals surface area contributed by atoms with E-state index in [-0.39, 0.29) is 37.0 Å². The van der Waals surface area contributed by atoms with E-state index >= 15 is 0 Å². The Kier molecular flexibility index (Phi) is 9.26. The standard InChI is InChI=1S/C31H48N2O6/c1-6-8-12-18-38-29(37)25-24-27(35)33(23(20-34)19-21(3)4)26(31(24)16-15-30(25,5)39-31)28(36)32(17-7-2)22-13-10-9-11-14-22/h6-7,21-26,34H,1-2,8-20H2,3-5H3/t23-,24+,25-,26?,30+,31?/m1/s1. The largest absolute Gasteiger partial charge is 0.465 e. The number of carbonyl (C=O) groups is 3. The molecule has 2 amide bonds. The first kappa shape index (κ1) is 29.8. The number of fused-ring (bicyclic) bond motifs is 1. The first-order valence-electron chi connectivity index (χ1n) is 15.0. The van der Waals surface area contributed by atoms with Crippen LogP contribution in [0.2, 0.25) is 0 Å². The van der Waals surface area contributed by atoms with Gasteiger partial charge in [0.05, 0.1) is 30.8 Å². The van der Waals surface area contributed by atoms with Crippen LogP contribution in [0.15, 0.2) is 25.3 Å². The van der Waals surface area contributed by atoms with Crippen molar-refractivity contribution in [2.45, 2.75) is 114 Å². The summed E-state index contributed by atoms with van der Waals surface area (Å²) in [7, 11) is 0. The van der Waals surface area contributed by atoms with Crippen molar-refractivity contribution in [3.05, 3.63) is 25.3 Å². The average molecular weight is 545 g/mol. The average Bonchev–Trinajstić information content (AvgIpc) is 3.49. The zero-order chi connectivity index (χ0) is 28.4. The minimum absolute atomic E-state index is 0.0779. The Morgan fingerprint density at radius 1 is 1.21 bits per heavy atom. The highest BCUT2D eigenvalue weighted by molar-refractivity contribution is 5.98. The van der Waals surface area contributed by atoms with Gasteiger partial charge in [0, 0.05) is 12.6 Å². The van der Waals surface area contributed by atoms with Gasteiger partial charge in [-0.15, -0.1) is 13.2 Å². The zero-order valence-corrected chi connectivity index (χ0v) is 24.1. The van der Waals surface area contributed by atoms with Gasteiger partial charge in [0.25, 0.3) is 0 Å². The fraction of sp³-hybridized carbons (Fsp3) is 0.774. The number of ether oxygens (including phenoxy) is 2. The highest BCUT2D eigenvalue weighted by Crippen LogP contribution is 2.64. The van der Waals surface area contributed by atoms with Gasteiger partial charge in [-0.2, -0.15) is 0 Å². The second kappa shape index (κ2) is 12.1. The second-order valence-electron chi connectivity index (χ2n) is 12.6. The van der Waals surface area contributed by atoms with E-state index in [9.17, 15) is 19.5 Å². The van der Waals surface area contributed by atoms with Crippen molar-refractivity contribution < 1.29 is 29.0 Å². The van der Waals surface area contributed by atoms with Crippen molar-refractivity contribution in [2.24, 2.45) is 17.8 Å². The van der Waals surface area contributed by atoms with Gasteiger partial charge in [0.2, 0.25) is 11.8 Å². The van der Waals surface area contributed by atoms with Crippen molar-refractivity contribution in [3.63, 3.8) is 0 Å². The molecule has 3 heterocycles. The Bertz CT molecular complexity index is 945. The summed E-state index contributed by atoms with van der Waals surface area (Å²) in [4.78, 5) is 46.0. The number of hydrogen-bond acceptors (Lipinski definition) is 6. The molecular formula is C31H48N2O6. The monoisotopic (exact) mass is 544 g/mol. The maximum atomic E-state index is 14.6. The molecule has 0 aromatic carbocycles. The number of nitrogens with zero attached hydrogens (tertiary/aromatic N) is 2. The number of aliphatic hydroxyl groups is 1. The van der Waals surface area contributed by atoms with E-state index in [4.69, 9.17) is 9.47 Å². The fourth-order valence-corrected chi connectivity index (χ4v) is 7.81. The number of aliphatic hydroxyl groups excluding tert-OH is 1. The maximum Gasteiger partial charge on any atom is 0.312 e. The lowest BCUT2D eigenvalue weighted by molar-refractivity contribution is -0.162. The number of likely N-dealkylation sites (tertiary alicyclic amines) is 1. The number of amides is 2. The SMILES string of the molecule is C=CCCCOC(=O)[C@H]1[C@H]2C(=O)N([C@@H](CO)CC(C)C)C(C(=O)N(CC=C)C3CCCCC3)C23CC[C@]1(C)O3. The number of hydrogen-bond donors (Lipinski definition) is 1. The molecule has 1 aliphatic carbocycles. The molecule has 0 radical (unpaired) electrons. The van der Waals surface area contributed by atoms with Crippen LogP contribution in [0, 0.1) is 17.8 Å². The Hall–Kier alpha value is -2.19. The van der Waals surface area contributed by atoms with Crippen LogP contribution in [-0.4, -0.2) is 81.8 Å². The van der Waals surface area contributed by atoms with Crippen molar-refractivity contribution >= 4 is 17.8 Å².